The number of aromatic nitrogens is 1. The molecule has 1 aromatic heterocycles. The van der Waals surface area contributed by atoms with Gasteiger partial charge in [-0.3, -0.25) is 10.2 Å². The average Bonchev–Trinajstić information content (AvgIpc) is 3.03. The molecule has 1 fully saturated rings. The summed E-state index contributed by atoms with van der Waals surface area (Å²) in [6, 6.07) is 16.0. The van der Waals surface area contributed by atoms with Crippen LogP contribution in [0.5, 0.6) is 0 Å². The Morgan fingerprint density at radius 1 is 1.07 bits per heavy atom. The van der Waals surface area contributed by atoms with Crippen molar-refractivity contribution in [2.45, 2.75) is 6.42 Å². The van der Waals surface area contributed by atoms with Crippen LogP contribution in [-0.2, 0) is 18.3 Å². The van der Waals surface area contributed by atoms with E-state index in [0.717, 1.165) is 42.6 Å². The van der Waals surface area contributed by atoms with Crippen molar-refractivity contribution in [2.24, 2.45) is 12.8 Å². The highest BCUT2D eigenvalue weighted by molar-refractivity contribution is 6.00. The number of fused-ring (bicyclic) bond motifs is 1. The van der Waals surface area contributed by atoms with Crippen LogP contribution in [0, 0.1) is 5.41 Å². The number of aryl methyl sites for hydroxylation is 1. The Hall–Kier alpha value is -3.28. The average molecular weight is 375 g/mol. The maximum Gasteiger partial charge on any atom is 0.227 e. The normalized spacial score (nSPS) is 14.5. The Labute approximate surface area is 164 Å². The van der Waals surface area contributed by atoms with Crippen molar-refractivity contribution < 1.29 is 4.79 Å². The zero-order valence-corrected chi connectivity index (χ0v) is 16.1. The lowest BCUT2D eigenvalue weighted by molar-refractivity contribution is -0.130. The smallest absolute Gasteiger partial charge is 0.227 e. The van der Waals surface area contributed by atoms with Crippen LogP contribution in [-0.4, -0.2) is 47.4 Å². The van der Waals surface area contributed by atoms with Crippen molar-refractivity contribution >= 4 is 28.3 Å². The van der Waals surface area contributed by atoms with Gasteiger partial charge in [-0.1, -0.05) is 18.2 Å². The molecular formula is C22H25N5O. The highest BCUT2D eigenvalue weighted by Crippen LogP contribution is 2.24. The molecule has 144 valence electrons. The molecule has 0 saturated carbocycles. The summed E-state index contributed by atoms with van der Waals surface area (Å²) in [7, 11) is 1.97. The van der Waals surface area contributed by atoms with Gasteiger partial charge < -0.3 is 20.1 Å². The number of carbonyl (C=O) groups is 1. The number of para-hydroxylation sites is 1. The van der Waals surface area contributed by atoms with Crippen LogP contribution in [0.25, 0.3) is 10.9 Å². The van der Waals surface area contributed by atoms with E-state index in [-0.39, 0.29) is 11.7 Å². The number of hydrogen-bond donors (Lipinski definition) is 2. The topological polar surface area (TPSA) is 78.4 Å². The molecule has 3 aromatic rings. The number of carbonyl (C=O) groups excluding carboxylic acids is 1. The molecule has 0 bridgehead atoms. The molecule has 6 heteroatoms. The van der Waals surface area contributed by atoms with Crippen LogP contribution in [0.4, 0.5) is 5.69 Å². The Bertz CT molecular complexity index is 1020. The maximum absolute atomic E-state index is 12.9. The second kappa shape index (κ2) is 7.38. The van der Waals surface area contributed by atoms with Gasteiger partial charge in [0.15, 0.2) is 0 Å². The van der Waals surface area contributed by atoms with Crippen LogP contribution in [0.3, 0.4) is 0 Å². The minimum absolute atomic E-state index is 0.0417. The molecule has 3 N–H and O–H groups in total. The number of hydrogen-bond acceptors (Lipinski definition) is 3. The minimum Gasteiger partial charge on any atom is -0.384 e. The molecule has 0 unspecified atom stereocenters. The lowest BCUT2D eigenvalue weighted by Crippen LogP contribution is -2.49. The lowest BCUT2D eigenvalue weighted by Gasteiger charge is -2.36. The van der Waals surface area contributed by atoms with Crippen molar-refractivity contribution in [3.8, 4) is 0 Å². The molecule has 6 nitrogen and oxygen atoms in total. The number of rotatable bonds is 4. The van der Waals surface area contributed by atoms with Crippen molar-refractivity contribution in [2.75, 3.05) is 31.1 Å². The largest absolute Gasteiger partial charge is 0.384 e. The SMILES string of the molecule is Cn1cc(CC(=O)N2CCN(c3ccccc3)CC2)c2cc(C(=N)N)ccc21. The summed E-state index contributed by atoms with van der Waals surface area (Å²) < 4.78 is 2.02. The lowest BCUT2D eigenvalue weighted by atomic mass is 10.1. The molecule has 2 aromatic carbocycles. The molecule has 0 aliphatic carbocycles. The second-order valence-corrected chi connectivity index (χ2v) is 7.29. The first-order valence-electron chi connectivity index (χ1n) is 9.53. The summed E-state index contributed by atoms with van der Waals surface area (Å²) in [6.45, 7) is 3.16. The number of nitrogens with one attached hydrogen (secondary N) is 1. The van der Waals surface area contributed by atoms with Gasteiger partial charge in [0, 0.05) is 61.6 Å². The van der Waals surface area contributed by atoms with Crippen LogP contribution < -0.4 is 10.6 Å². The van der Waals surface area contributed by atoms with Gasteiger partial charge in [-0.05, 0) is 35.9 Å². The van der Waals surface area contributed by atoms with Crippen LogP contribution in [0.1, 0.15) is 11.1 Å². The number of amides is 1. The summed E-state index contributed by atoms with van der Waals surface area (Å²) in [4.78, 5) is 17.2. The van der Waals surface area contributed by atoms with Gasteiger partial charge in [0.1, 0.15) is 5.84 Å². The predicted molar refractivity (Wildman–Crippen MR) is 113 cm³/mol. The Balaban J connectivity index is 1.47. The Kier molecular flexibility index (Phi) is 4.77. The van der Waals surface area contributed by atoms with Crippen LogP contribution in [0.2, 0.25) is 0 Å². The number of nitrogens with zero attached hydrogens (tertiary/aromatic N) is 3. The maximum atomic E-state index is 12.9. The van der Waals surface area contributed by atoms with E-state index in [2.05, 4.69) is 17.0 Å². The van der Waals surface area contributed by atoms with Gasteiger partial charge in [-0.2, -0.15) is 0 Å². The zero-order chi connectivity index (χ0) is 19.7. The van der Waals surface area contributed by atoms with E-state index in [1.54, 1.807) is 0 Å². The highest BCUT2D eigenvalue weighted by Gasteiger charge is 2.22. The van der Waals surface area contributed by atoms with Gasteiger partial charge >= 0.3 is 0 Å². The number of anilines is 1. The van der Waals surface area contributed by atoms with Crippen molar-refractivity contribution in [3.05, 3.63) is 65.9 Å². The van der Waals surface area contributed by atoms with Gasteiger partial charge in [0.05, 0.1) is 6.42 Å². The fraction of sp³-hybridized carbons (Fsp3) is 0.273. The summed E-state index contributed by atoms with van der Waals surface area (Å²) >= 11 is 0. The van der Waals surface area contributed by atoms with Gasteiger partial charge in [-0.15, -0.1) is 0 Å². The van der Waals surface area contributed by atoms with Crippen molar-refractivity contribution in [3.63, 3.8) is 0 Å². The third-order valence-electron chi connectivity index (χ3n) is 5.48. The fourth-order valence-electron chi connectivity index (χ4n) is 3.91. The summed E-state index contributed by atoms with van der Waals surface area (Å²) in [6.07, 6.45) is 2.37. The number of piperazine rings is 1. The van der Waals surface area contributed by atoms with E-state index in [1.807, 2.05) is 59.1 Å². The summed E-state index contributed by atoms with van der Waals surface area (Å²) in [5, 5.41) is 8.66. The molecule has 0 spiro atoms. The predicted octanol–water partition coefficient (Wildman–Crippen LogP) is 2.35. The van der Waals surface area contributed by atoms with Gasteiger partial charge in [-0.25, -0.2) is 0 Å². The van der Waals surface area contributed by atoms with E-state index in [0.29, 0.717) is 12.0 Å². The number of nitrogen functional groups attached to an aromatic ring is 1. The molecule has 4 rings (SSSR count). The van der Waals surface area contributed by atoms with Crippen LogP contribution in [0.15, 0.2) is 54.7 Å². The van der Waals surface area contributed by atoms with Gasteiger partial charge in [0.2, 0.25) is 5.91 Å². The van der Waals surface area contributed by atoms with Gasteiger partial charge in [0.25, 0.3) is 0 Å². The third-order valence-corrected chi connectivity index (χ3v) is 5.48. The highest BCUT2D eigenvalue weighted by atomic mass is 16.2. The third kappa shape index (κ3) is 3.45. The molecule has 1 aliphatic rings. The van der Waals surface area contributed by atoms with E-state index < -0.39 is 0 Å². The fourth-order valence-corrected chi connectivity index (χ4v) is 3.91. The standard InChI is InChI=1S/C22H25N5O/c1-25-15-17(19-13-16(22(23)24)7-8-20(19)25)14-21(28)27-11-9-26(10-12-27)18-5-3-2-4-6-18/h2-8,13,15H,9-12,14H2,1H3,(H3,23,24). The Morgan fingerprint density at radius 3 is 2.46 bits per heavy atom. The van der Waals surface area contributed by atoms with E-state index >= 15 is 0 Å². The number of amidine groups is 1. The van der Waals surface area contributed by atoms with Crippen LogP contribution >= 0.6 is 0 Å². The van der Waals surface area contributed by atoms with Crippen molar-refractivity contribution in [1.82, 2.24) is 9.47 Å². The molecule has 0 radical (unpaired) electrons. The first-order valence-corrected chi connectivity index (χ1v) is 9.53. The van der Waals surface area contributed by atoms with E-state index in [4.69, 9.17) is 11.1 Å². The Morgan fingerprint density at radius 2 is 1.79 bits per heavy atom. The van der Waals surface area contributed by atoms with E-state index in [1.165, 1.54) is 5.69 Å². The van der Waals surface area contributed by atoms with E-state index in [9.17, 15) is 4.79 Å². The second-order valence-electron chi connectivity index (χ2n) is 7.29. The molecule has 1 amide bonds. The first-order chi connectivity index (χ1) is 13.5. The molecular weight excluding hydrogens is 350 g/mol. The molecule has 0 atom stereocenters. The monoisotopic (exact) mass is 375 g/mol. The quantitative estimate of drug-likeness (QED) is 0.543. The number of benzene rings is 2. The molecule has 1 aliphatic heterocycles. The first kappa shape index (κ1) is 18.1. The number of nitrogens with two attached hydrogens (primary N) is 1. The molecule has 2 heterocycles. The zero-order valence-electron chi connectivity index (χ0n) is 16.1. The summed E-state index contributed by atoms with van der Waals surface area (Å²) in [5.74, 6) is 0.188. The molecule has 1 saturated heterocycles. The summed E-state index contributed by atoms with van der Waals surface area (Å²) in [5.41, 5.74) is 9.56. The molecule has 28 heavy (non-hydrogen) atoms. The van der Waals surface area contributed by atoms with Crippen molar-refractivity contribution in [1.29, 1.82) is 5.41 Å². The minimum atomic E-state index is 0.0417.